The van der Waals surface area contributed by atoms with Crippen LogP contribution in [0.15, 0.2) is 0 Å². The molecule has 3 N–H and O–H groups in total. The van der Waals surface area contributed by atoms with Crippen molar-refractivity contribution in [3.63, 3.8) is 0 Å². The average molecular weight is 201 g/mol. The molecule has 0 aromatic heterocycles. The van der Waals surface area contributed by atoms with Crippen LogP contribution in [0.25, 0.3) is 0 Å². The van der Waals surface area contributed by atoms with E-state index in [1.165, 1.54) is 4.81 Å². The SMILES string of the molecule is Cl.OB(O)N1CCNC(Cl)C1. The quantitative estimate of drug-likeness (QED) is 0.284. The predicted octanol–water partition coefficient (Wildman–Crippen LogP) is -1.15. The Labute approximate surface area is 77.1 Å². The van der Waals surface area contributed by atoms with Crippen molar-refractivity contribution < 1.29 is 10.0 Å². The van der Waals surface area contributed by atoms with Crippen molar-refractivity contribution in [1.29, 1.82) is 0 Å². The van der Waals surface area contributed by atoms with Crippen LogP contribution < -0.4 is 5.32 Å². The van der Waals surface area contributed by atoms with Gasteiger partial charge < -0.3 is 10.0 Å². The summed E-state index contributed by atoms with van der Waals surface area (Å²) in [5, 5.41) is 20.3. The van der Waals surface area contributed by atoms with E-state index in [4.69, 9.17) is 21.6 Å². The third-order valence-corrected chi connectivity index (χ3v) is 1.78. The zero-order valence-corrected chi connectivity index (χ0v) is 7.48. The molecule has 1 unspecified atom stereocenters. The van der Waals surface area contributed by atoms with Gasteiger partial charge in [0, 0.05) is 19.6 Å². The molecule has 11 heavy (non-hydrogen) atoms. The molecular formula is C4H11BCl2N2O2. The fourth-order valence-corrected chi connectivity index (χ4v) is 1.22. The number of hydrogen-bond acceptors (Lipinski definition) is 4. The van der Waals surface area contributed by atoms with E-state index in [1.807, 2.05) is 0 Å². The number of halogens is 2. The van der Waals surface area contributed by atoms with Gasteiger partial charge in [0.05, 0.1) is 5.50 Å². The molecule has 0 bridgehead atoms. The van der Waals surface area contributed by atoms with E-state index >= 15 is 0 Å². The van der Waals surface area contributed by atoms with E-state index in [2.05, 4.69) is 5.32 Å². The second-order valence-electron chi connectivity index (χ2n) is 2.26. The molecule has 4 nitrogen and oxygen atoms in total. The largest absolute Gasteiger partial charge is 0.552 e. The van der Waals surface area contributed by atoms with Crippen LogP contribution >= 0.6 is 24.0 Å². The molecule has 0 amide bonds. The molecule has 0 aromatic rings. The van der Waals surface area contributed by atoms with Gasteiger partial charge in [-0.2, -0.15) is 0 Å². The van der Waals surface area contributed by atoms with Crippen molar-refractivity contribution in [3.8, 4) is 0 Å². The number of piperazine rings is 1. The van der Waals surface area contributed by atoms with Crippen LogP contribution in [0, 0.1) is 0 Å². The summed E-state index contributed by atoms with van der Waals surface area (Å²) in [5.41, 5.74) is -0.171. The third-order valence-electron chi connectivity index (χ3n) is 1.49. The normalized spacial score (nSPS) is 25.9. The Morgan fingerprint density at radius 1 is 1.55 bits per heavy atom. The zero-order chi connectivity index (χ0) is 7.56. The van der Waals surface area contributed by atoms with Gasteiger partial charge in [-0.3, -0.25) is 10.1 Å². The average Bonchev–Trinajstić information content (AvgIpc) is 1.88. The Morgan fingerprint density at radius 2 is 2.18 bits per heavy atom. The molecule has 1 saturated heterocycles. The molecule has 66 valence electrons. The van der Waals surface area contributed by atoms with E-state index in [0.717, 1.165) is 0 Å². The van der Waals surface area contributed by atoms with Gasteiger partial charge in [-0.25, -0.2) is 0 Å². The van der Waals surface area contributed by atoms with Crippen LogP contribution in [0.4, 0.5) is 0 Å². The molecule has 7 heteroatoms. The smallest absolute Gasteiger partial charge is 0.413 e. The standard InChI is InChI=1S/C4H10BClN2O2.ClH/c6-4-3-8(5(9)10)2-1-7-4;/h4,7,9-10H,1-3H2;1H. The van der Waals surface area contributed by atoms with Crippen LogP contribution in [-0.4, -0.2) is 47.2 Å². The van der Waals surface area contributed by atoms with Crippen molar-refractivity contribution in [1.82, 2.24) is 10.1 Å². The Hall–Kier alpha value is 0.485. The number of alkyl halides is 1. The summed E-state index contributed by atoms with van der Waals surface area (Å²) in [4.78, 5) is 1.49. The molecular weight excluding hydrogens is 190 g/mol. The maximum Gasteiger partial charge on any atom is 0.552 e. The van der Waals surface area contributed by atoms with E-state index in [0.29, 0.717) is 19.6 Å². The molecule has 1 aliphatic rings. The van der Waals surface area contributed by atoms with Crippen molar-refractivity contribution in [3.05, 3.63) is 0 Å². The summed E-state index contributed by atoms with van der Waals surface area (Å²) in [6, 6.07) is 0. The van der Waals surface area contributed by atoms with Gasteiger partial charge in [0.2, 0.25) is 0 Å². The van der Waals surface area contributed by atoms with E-state index in [9.17, 15) is 0 Å². The maximum absolute atomic E-state index is 8.69. The summed E-state index contributed by atoms with van der Waals surface area (Å²) in [5.74, 6) is 0. The van der Waals surface area contributed by atoms with Crippen LogP contribution in [-0.2, 0) is 0 Å². The van der Waals surface area contributed by atoms with E-state index in [-0.39, 0.29) is 17.9 Å². The molecule has 1 aliphatic heterocycles. The first-order chi connectivity index (χ1) is 4.70. The molecule has 1 fully saturated rings. The Morgan fingerprint density at radius 3 is 2.55 bits per heavy atom. The van der Waals surface area contributed by atoms with Gasteiger partial charge in [-0.15, -0.1) is 24.0 Å². The Bertz CT molecular complexity index is 118. The number of rotatable bonds is 1. The van der Waals surface area contributed by atoms with Gasteiger partial charge in [-0.1, -0.05) is 0 Å². The third kappa shape index (κ3) is 3.60. The minimum absolute atomic E-state index is 0. The first-order valence-electron chi connectivity index (χ1n) is 3.18. The molecule has 0 aromatic carbocycles. The molecule has 0 radical (unpaired) electrons. The highest BCUT2D eigenvalue weighted by Gasteiger charge is 2.25. The molecule has 0 aliphatic carbocycles. The highest BCUT2D eigenvalue weighted by Crippen LogP contribution is 2.01. The van der Waals surface area contributed by atoms with Crippen molar-refractivity contribution in [2.75, 3.05) is 19.6 Å². The van der Waals surface area contributed by atoms with Gasteiger partial charge in [0.15, 0.2) is 0 Å². The highest BCUT2D eigenvalue weighted by molar-refractivity contribution is 6.37. The zero-order valence-electron chi connectivity index (χ0n) is 5.90. The fraction of sp³-hybridized carbons (Fsp3) is 1.00. The number of hydrogen-bond donors (Lipinski definition) is 3. The van der Waals surface area contributed by atoms with Crippen LogP contribution in [0.2, 0.25) is 0 Å². The molecule has 0 spiro atoms. The molecule has 1 rings (SSSR count). The maximum atomic E-state index is 8.69. The monoisotopic (exact) mass is 200 g/mol. The van der Waals surface area contributed by atoms with E-state index in [1.54, 1.807) is 0 Å². The minimum Gasteiger partial charge on any atom is -0.413 e. The second-order valence-corrected chi connectivity index (χ2v) is 2.79. The van der Waals surface area contributed by atoms with Gasteiger partial charge in [-0.05, 0) is 0 Å². The first kappa shape index (κ1) is 11.5. The summed E-state index contributed by atoms with van der Waals surface area (Å²) in [6.45, 7) is 1.80. The lowest BCUT2D eigenvalue weighted by atomic mass is 10.1. The van der Waals surface area contributed by atoms with Crippen LogP contribution in [0.5, 0.6) is 0 Å². The van der Waals surface area contributed by atoms with Gasteiger partial charge in [0.1, 0.15) is 0 Å². The minimum atomic E-state index is -1.37. The summed E-state index contributed by atoms with van der Waals surface area (Å²) in [6.07, 6.45) is 0. The lowest BCUT2D eigenvalue weighted by Crippen LogP contribution is -2.54. The van der Waals surface area contributed by atoms with Gasteiger partial charge >= 0.3 is 7.25 Å². The van der Waals surface area contributed by atoms with Crippen molar-refractivity contribution in [2.45, 2.75) is 5.50 Å². The lowest BCUT2D eigenvalue weighted by molar-refractivity contribution is 0.241. The highest BCUT2D eigenvalue weighted by atomic mass is 35.5. The summed E-state index contributed by atoms with van der Waals surface area (Å²) in [7, 11) is -1.37. The topological polar surface area (TPSA) is 55.7 Å². The van der Waals surface area contributed by atoms with Gasteiger partial charge in [0.25, 0.3) is 0 Å². The number of nitrogens with zero attached hydrogens (tertiary/aromatic N) is 1. The predicted molar refractivity (Wildman–Crippen MR) is 46.7 cm³/mol. The first-order valence-corrected chi connectivity index (χ1v) is 3.61. The Kier molecular flexibility index (Phi) is 5.42. The fourth-order valence-electron chi connectivity index (χ4n) is 0.936. The molecule has 0 saturated carbocycles. The lowest BCUT2D eigenvalue weighted by Gasteiger charge is -2.29. The summed E-state index contributed by atoms with van der Waals surface area (Å²) >= 11 is 5.68. The van der Waals surface area contributed by atoms with Crippen LogP contribution in [0.3, 0.4) is 0 Å². The summed E-state index contributed by atoms with van der Waals surface area (Å²) < 4.78 is 0. The number of nitrogens with one attached hydrogen (secondary N) is 1. The molecule has 1 heterocycles. The van der Waals surface area contributed by atoms with Crippen molar-refractivity contribution in [2.24, 2.45) is 0 Å². The van der Waals surface area contributed by atoms with E-state index < -0.39 is 7.25 Å². The van der Waals surface area contributed by atoms with Crippen molar-refractivity contribution >= 4 is 31.3 Å². The second kappa shape index (κ2) is 5.19. The molecule has 1 atom stereocenters. The Balaban J connectivity index is 0.000001000. The van der Waals surface area contributed by atoms with Crippen LogP contribution in [0.1, 0.15) is 0 Å².